The van der Waals surface area contributed by atoms with Crippen molar-refractivity contribution >= 4 is 58.0 Å². The van der Waals surface area contributed by atoms with Gasteiger partial charge in [0.25, 0.3) is 5.91 Å². The molecule has 0 aliphatic carbocycles. The average Bonchev–Trinajstić information content (AvgIpc) is 3.27. The van der Waals surface area contributed by atoms with Crippen LogP contribution in [0.25, 0.3) is 17.4 Å². The Morgan fingerprint density at radius 1 is 1.35 bits per heavy atom. The van der Waals surface area contributed by atoms with Crippen molar-refractivity contribution < 1.29 is 32.3 Å². The minimum absolute atomic E-state index is 0.134. The first kappa shape index (κ1) is 23.4. The van der Waals surface area contributed by atoms with Crippen LogP contribution in [0.15, 0.2) is 45.7 Å². The van der Waals surface area contributed by atoms with Crippen LogP contribution in [-0.4, -0.2) is 44.3 Å². The van der Waals surface area contributed by atoms with E-state index < -0.39 is 29.7 Å². The number of carbonyl (C=O) groups is 2. The number of benzene rings is 1. The number of thiocarbonyl (C=S) groups is 1. The highest BCUT2D eigenvalue weighted by atomic mass is 32.2. The summed E-state index contributed by atoms with van der Waals surface area (Å²) in [7, 11) is 0. The van der Waals surface area contributed by atoms with Gasteiger partial charge in [-0.1, -0.05) is 36.1 Å². The van der Waals surface area contributed by atoms with Gasteiger partial charge in [0.1, 0.15) is 21.9 Å². The maximum atomic E-state index is 12.9. The van der Waals surface area contributed by atoms with Crippen LogP contribution < -0.4 is 0 Å². The number of hydrogen-bond donors (Lipinski definition) is 1. The minimum Gasteiger partial charge on any atom is -0.480 e. The molecule has 11 heteroatoms. The first-order valence-electron chi connectivity index (χ1n) is 8.88. The van der Waals surface area contributed by atoms with Gasteiger partial charge in [0.15, 0.2) is 0 Å². The van der Waals surface area contributed by atoms with Crippen LogP contribution >= 0.6 is 35.7 Å². The van der Waals surface area contributed by atoms with E-state index in [0.717, 1.165) is 28.8 Å². The Kier molecular flexibility index (Phi) is 7.17. The zero-order valence-corrected chi connectivity index (χ0v) is 18.5. The Labute approximate surface area is 189 Å². The third-order valence-corrected chi connectivity index (χ3v) is 6.36. The van der Waals surface area contributed by atoms with Gasteiger partial charge in [-0.25, -0.2) is 4.79 Å². The van der Waals surface area contributed by atoms with Gasteiger partial charge in [-0.05, 0) is 42.7 Å². The lowest BCUT2D eigenvalue weighted by Gasteiger charge is -2.22. The molecule has 0 unspecified atom stereocenters. The molecule has 1 amide bonds. The fourth-order valence-corrected chi connectivity index (χ4v) is 4.70. The fraction of sp³-hybridized carbons (Fsp3) is 0.250. The molecule has 0 spiro atoms. The topological polar surface area (TPSA) is 70.8 Å². The molecule has 1 aliphatic rings. The SMILES string of the molecule is CSCC[C@H](C(=O)O)N1C(=O)/C(=C/c2ccc(-c3cccc(C(F)(F)F)c3)o2)SC1=S. The number of hydrogen-bond acceptors (Lipinski definition) is 6. The van der Waals surface area contributed by atoms with E-state index in [4.69, 9.17) is 16.6 Å². The Morgan fingerprint density at radius 2 is 2.10 bits per heavy atom. The van der Waals surface area contributed by atoms with E-state index in [1.165, 1.54) is 42.1 Å². The van der Waals surface area contributed by atoms with Gasteiger partial charge in [-0.15, -0.1) is 0 Å². The van der Waals surface area contributed by atoms with E-state index in [1.54, 1.807) is 0 Å². The summed E-state index contributed by atoms with van der Waals surface area (Å²) in [6.07, 6.45) is -0.987. The number of alkyl halides is 3. The lowest BCUT2D eigenvalue weighted by Crippen LogP contribution is -2.44. The molecule has 2 aromatic rings. The zero-order valence-electron chi connectivity index (χ0n) is 16.0. The van der Waals surface area contributed by atoms with Crippen LogP contribution in [0.5, 0.6) is 0 Å². The van der Waals surface area contributed by atoms with Gasteiger partial charge in [-0.2, -0.15) is 24.9 Å². The second-order valence-electron chi connectivity index (χ2n) is 6.47. The van der Waals surface area contributed by atoms with E-state index in [2.05, 4.69) is 0 Å². The highest BCUT2D eigenvalue weighted by Crippen LogP contribution is 2.36. The standard InChI is InChI=1S/C20H16F3NO4S3/c1-30-8-7-14(18(26)27)24-17(25)16(31-19(24)29)10-13-5-6-15(28-13)11-3-2-4-12(9-11)20(21,22)23/h2-6,9-10,14H,7-8H2,1H3,(H,26,27)/b16-10-/t14-/m1/s1. The molecule has 1 atom stereocenters. The van der Waals surface area contributed by atoms with E-state index >= 15 is 0 Å². The molecular weight excluding hydrogens is 471 g/mol. The summed E-state index contributed by atoms with van der Waals surface area (Å²) in [5.74, 6) is -0.692. The minimum atomic E-state index is -4.48. The van der Waals surface area contributed by atoms with Crippen molar-refractivity contribution in [1.82, 2.24) is 4.90 Å². The predicted molar refractivity (Wildman–Crippen MR) is 119 cm³/mol. The number of carbonyl (C=O) groups excluding carboxylic acids is 1. The lowest BCUT2D eigenvalue weighted by molar-refractivity contribution is -0.145. The van der Waals surface area contributed by atoms with Crippen molar-refractivity contribution in [3.8, 4) is 11.3 Å². The zero-order chi connectivity index (χ0) is 22.8. The van der Waals surface area contributed by atoms with Gasteiger partial charge in [0.2, 0.25) is 0 Å². The number of aliphatic carboxylic acids is 1. The van der Waals surface area contributed by atoms with Crippen molar-refractivity contribution in [3.63, 3.8) is 0 Å². The number of amides is 1. The van der Waals surface area contributed by atoms with Crippen molar-refractivity contribution in [3.05, 3.63) is 52.6 Å². The second kappa shape index (κ2) is 9.49. The molecule has 31 heavy (non-hydrogen) atoms. The van der Waals surface area contributed by atoms with Crippen LogP contribution in [0.4, 0.5) is 13.2 Å². The lowest BCUT2D eigenvalue weighted by atomic mass is 10.1. The van der Waals surface area contributed by atoms with Crippen LogP contribution in [0.3, 0.4) is 0 Å². The molecule has 2 heterocycles. The third kappa shape index (κ3) is 5.34. The number of carboxylic acid groups (broad SMARTS) is 1. The van der Waals surface area contributed by atoms with Crippen LogP contribution in [0.2, 0.25) is 0 Å². The molecule has 1 saturated heterocycles. The van der Waals surface area contributed by atoms with Gasteiger partial charge < -0.3 is 9.52 Å². The molecule has 5 nitrogen and oxygen atoms in total. The van der Waals surface area contributed by atoms with Gasteiger partial charge >= 0.3 is 12.1 Å². The molecule has 3 rings (SSSR count). The third-order valence-electron chi connectivity index (χ3n) is 4.39. The molecule has 1 aromatic heterocycles. The second-order valence-corrected chi connectivity index (χ2v) is 9.13. The van der Waals surface area contributed by atoms with Crippen LogP contribution in [-0.2, 0) is 15.8 Å². The van der Waals surface area contributed by atoms with Crippen molar-refractivity contribution in [1.29, 1.82) is 0 Å². The van der Waals surface area contributed by atoms with Gasteiger partial charge in [-0.3, -0.25) is 9.69 Å². The molecule has 164 valence electrons. The number of carboxylic acids is 1. The quantitative estimate of drug-likeness (QED) is 0.416. The first-order valence-corrected chi connectivity index (χ1v) is 11.5. The summed E-state index contributed by atoms with van der Waals surface area (Å²) in [6.45, 7) is 0. The monoisotopic (exact) mass is 487 g/mol. The summed E-state index contributed by atoms with van der Waals surface area (Å²) in [5.41, 5.74) is -0.557. The van der Waals surface area contributed by atoms with Crippen LogP contribution in [0.1, 0.15) is 17.7 Å². The number of rotatable bonds is 7. The number of furan rings is 1. The Hall–Kier alpha value is -2.24. The van der Waals surface area contributed by atoms with Crippen molar-refractivity contribution in [2.24, 2.45) is 0 Å². The highest BCUT2D eigenvalue weighted by Gasteiger charge is 2.40. The average molecular weight is 488 g/mol. The van der Waals surface area contributed by atoms with E-state index in [0.29, 0.717) is 5.75 Å². The number of halogens is 3. The molecule has 1 N–H and O–H groups in total. The van der Waals surface area contributed by atoms with E-state index in [1.807, 2.05) is 6.26 Å². The molecule has 0 radical (unpaired) electrons. The summed E-state index contributed by atoms with van der Waals surface area (Å²) >= 11 is 7.63. The summed E-state index contributed by atoms with van der Waals surface area (Å²) in [6, 6.07) is 6.67. The summed E-state index contributed by atoms with van der Waals surface area (Å²) in [5, 5.41) is 9.49. The predicted octanol–water partition coefficient (Wildman–Crippen LogP) is 5.37. The number of thioether (sulfide) groups is 2. The van der Waals surface area contributed by atoms with Crippen molar-refractivity contribution in [2.75, 3.05) is 12.0 Å². The maximum Gasteiger partial charge on any atom is 0.416 e. The van der Waals surface area contributed by atoms with E-state index in [-0.39, 0.29) is 32.7 Å². The normalized spacial score (nSPS) is 16.9. The Balaban J connectivity index is 1.84. The van der Waals surface area contributed by atoms with Crippen molar-refractivity contribution in [2.45, 2.75) is 18.6 Å². The molecule has 1 aliphatic heterocycles. The molecule has 1 fully saturated rings. The fourth-order valence-electron chi connectivity index (χ4n) is 2.90. The molecule has 1 aromatic carbocycles. The summed E-state index contributed by atoms with van der Waals surface area (Å²) in [4.78, 5) is 25.7. The molecule has 0 bridgehead atoms. The van der Waals surface area contributed by atoms with Gasteiger partial charge in [0, 0.05) is 11.6 Å². The van der Waals surface area contributed by atoms with Gasteiger partial charge in [0.05, 0.1) is 10.5 Å². The van der Waals surface area contributed by atoms with E-state index in [9.17, 15) is 27.9 Å². The van der Waals surface area contributed by atoms with Crippen LogP contribution in [0, 0.1) is 0 Å². The molecular formula is C20H16F3NO4S3. The Bertz CT molecular complexity index is 1050. The largest absolute Gasteiger partial charge is 0.480 e. The number of nitrogens with zero attached hydrogens (tertiary/aromatic N) is 1. The smallest absolute Gasteiger partial charge is 0.416 e. The first-order chi connectivity index (χ1) is 14.6. The maximum absolute atomic E-state index is 12.9. The highest BCUT2D eigenvalue weighted by molar-refractivity contribution is 8.26. The Morgan fingerprint density at radius 3 is 2.74 bits per heavy atom. The summed E-state index contributed by atoms with van der Waals surface area (Å²) < 4.78 is 44.5. The molecule has 0 saturated carbocycles.